The molecule has 0 aromatic carbocycles. The predicted molar refractivity (Wildman–Crippen MR) is 66.9 cm³/mol. The molecule has 2 saturated heterocycles. The van der Waals surface area contributed by atoms with Crippen molar-refractivity contribution in [1.82, 2.24) is 10.2 Å². The van der Waals surface area contributed by atoms with Gasteiger partial charge in [-0.25, -0.2) is 0 Å². The van der Waals surface area contributed by atoms with Crippen LogP contribution in [0.3, 0.4) is 0 Å². The minimum Gasteiger partial charge on any atom is -0.381 e. The minimum atomic E-state index is -0.0371. The number of hydrogen-bond donors (Lipinski definition) is 1. The Balaban J connectivity index is 1.86. The van der Waals surface area contributed by atoms with Gasteiger partial charge < -0.3 is 15.0 Å². The second-order valence-corrected chi connectivity index (χ2v) is 5.15. The van der Waals surface area contributed by atoms with Gasteiger partial charge in [-0.05, 0) is 19.8 Å². The first kappa shape index (κ1) is 13.3. The van der Waals surface area contributed by atoms with Gasteiger partial charge in [-0.1, -0.05) is 0 Å². The molecule has 5 heteroatoms. The molecule has 2 amide bonds. The van der Waals surface area contributed by atoms with E-state index in [-0.39, 0.29) is 17.7 Å². The Hall–Kier alpha value is -1.10. The maximum atomic E-state index is 12.4. The van der Waals surface area contributed by atoms with Crippen molar-refractivity contribution in [2.24, 2.45) is 11.8 Å². The topological polar surface area (TPSA) is 58.6 Å². The van der Waals surface area contributed by atoms with Crippen molar-refractivity contribution in [3.05, 3.63) is 0 Å². The van der Waals surface area contributed by atoms with Gasteiger partial charge in [-0.2, -0.15) is 0 Å². The number of amides is 2. The van der Waals surface area contributed by atoms with Gasteiger partial charge in [0.05, 0.1) is 12.5 Å². The van der Waals surface area contributed by atoms with E-state index in [4.69, 9.17) is 4.74 Å². The largest absolute Gasteiger partial charge is 0.381 e. The Kier molecular flexibility index (Phi) is 4.58. The van der Waals surface area contributed by atoms with Crippen LogP contribution in [0.1, 0.15) is 26.2 Å². The lowest BCUT2D eigenvalue weighted by molar-refractivity contribution is -0.137. The number of carbonyl (C=O) groups is 2. The molecule has 2 unspecified atom stereocenters. The number of piperidine rings is 1. The number of rotatable bonds is 4. The molecule has 2 aliphatic heterocycles. The molecule has 2 rings (SSSR count). The fraction of sp³-hybridized carbons (Fsp3) is 0.846. The zero-order chi connectivity index (χ0) is 13.0. The third kappa shape index (κ3) is 3.22. The molecule has 2 atom stereocenters. The molecule has 0 aromatic rings. The summed E-state index contributed by atoms with van der Waals surface area (Å²) in [4.78, 5) is 25.4. The standard InChI is InChI=1S/C13H22N2O3/c1-2-15(8-10-5-6-18-9-10)13(17)11-3-4-12(16)14-7-11/h10-11H,2-9H2,1H3,(H,14,16). The van der Waals surface area contributed by atoms with Crippen molar-refractivity contribution in [2.75, 3.05) is 32.8 Å². The predicted octanol–water partition coefficient (Wildman–Crippen LogP) is 0.398. The van der Waals surface area contributed by atoms with Crippen molar-refractivity contribution < 1.29 is 14.3 Å². The van der Waals surface area contributed by atoms with Crippen LogP contribution in [0.25, 0.3) is 0 Å². The van der Waals surface area contributed by atoms with E-state index in [0.717, 1.165) is 32.7 Å². The second kappa shape index (κ2) is 6.18. The summed E-state index contributed by atoms with van der Waals surface area (Å²) in [5, 5.41) is 2.77. The summed E-state index contributed by atoms with van der Waals surface area (Å²) in [5.74, 6) is 0.688. The van der Waals surface area contributed by atoms with Gasteiger partial charge >= 0.3 is 0 Å². The molecule has 2 fully saturated rings. The summed E-state index contributed by atoms with van der Waals surface area (Å²) in [5.41, 5.74) is 0. The zero-order valence-corrected chi connectivity index (χ0v) is 11.0. The lowest BCUT2D eigenvalue weighted by atomic mass is 9.97. The van der Waals surface area contributed by atoms with Gasteiger partial charge in [0.2, 0.25) is 11.8 Å². The Morgan fingerprint density at radius 3 is 2.89 bits per heavy atom. The van der Waals surface area contributed by atoms with Gasteiger partial charge in [-0.3, -0.25) is 9.59 Å². The smallest absolute Gasteiger partial charge is 0.227 e. The minimum absolute atomic E-state index is 0.0371. The van der Waals surface area contributed by atoms with E-state index in [1.54, 1.807) is 0 Å². The molecular formula is C13H22N2O3. The Morgan fingerprint density at radius 1 is 1.50 bits per heavy atom. The molecule has 0 aromatic heterocycles. The highest BCUT2D eigenvalue weighted by molar-refractivity contribution is 5.83. The third-order valence-electron chi connectivity index (χ3n) is 3.81. The lowest BCUT2D eigenvalue weighted by Gasteiger charge is -2.30. The first-order chi connectivity index (χ1) is 8.70. The van der Waals surface area contributed by atoms with E-state index < -0.39 is 0 Å². The van der Waals surface area contributed by atoms with Crippen molar-refractivity contribution in [2.45, 2.75) is 26.2 Å². The number of nitrogens with one attached hydrogen (secondary N) is 1. The lowest BCUT2D eigenvalue weighted by Crippen LogP contribution is -2.46. The van der Waals surface area contributed by atoms with Gasteiger partial charge in [-0.15, -0.1) is 0 Å². The zero-order valence-electron chi connectivity index (χ0n) is 11.0. The van der Waals surface area contributed by atoms with Crippen LogP contribution in [0.4, 0.5) is 0 Å². The molecule has 5 nitrogen and oxygen atoms in total. The first-order valence-electron chi connectivity index (χ1n) is 6.84. The van der Waals surface area contributed by atoms with E-state index in [1.807, 2.05) is 11.8 Å². The first-order valence-corrected chi connectivity index (χ1v) is 6.84. The SMILES string of the molecule is CCN(CC1CCOC1)C(=O)C1CCC(=O)NC1. The second-order valence-electron chi connectivity index (χ2n) is 5.15. The average Bonchev–Trinajstić information content (AvgIpc) is 2.89. The Bertz CT molecular complexity index is 303. The number of hydrogen-bond acceptors (Lipinski definition) is 3. The summed E-state index contributed by atoms with van der Waals surface area (Å²) in [6.07, 6.45) is 2.20. The molecule has 1 N–H and O–H groups in total. The van der Waals surface area contributed by atoms with Crippen molar-refractivity contribution >= 4 is 11.8 Å². The van der Waals surface area contributed by atoms with Crippen molar-refractivity contribution in [3.63, 3.8) is 0 Å². The number of carbonyl (C=O) groups excluding carboxylic acids is 2. The summed E-state index contributed by atoms with van der Waals surface area (Å²) in [7, 11) is 0. The van der Waals surface area contributed by atoms with Crippen LogP contribution in [-0.2, 0) is 14.3 Å². The van der Waals surface area contributed by atoms with Crippen LogP contribution in [0.2, 0.25) is 0 Å². The van der Waals surface area contributed by atoms with E-state index in [2.05, 4.69) is 5.32 Å². The third-order valence-corrected chi connectivity index (χ3v) is 3.81. The highest BCUT2D eigenvalue weighted by Gasteiger charge is 2.29. The summed E-state index contributed by atoms with van der Waals surface area (Å²) >= 11 is 0. The number of ether oxygens (including phenoxy) is 1. The normalized spacial score (nSPS) is 27.9. The number of nitrogens with zero attached hydrogens (tertiary/aromatic N) is 1. The maximum absolute atomic E-state index is 12.4. The molecule has 102 valence electrons. The molecule has 18 heavy (non-hydrogen) atoms. The van der Waals surface area contributed by atoms with Crippen LogP contribution in [0.15, 0.2) is 0 Å². The maximum Gasteiger partial charge on any atom is 0.227 e. The fourth-order valence-electron chi connectivity index (χ4n) is 2.62. The van der Waals surface area contributed by atoms with E-state index in [1.165, 1.54) is 0 Å². The Morgan fingerprint density at radius 2 is 2.33 bits per heavy atom. The van der Waals surface area contributed by atoms with E-state index >= 15 is 0 Å². The average molecular weight is 254 g/mol. The van der Waals surface area contributed by atoms with Crippen LogP contribution in [0.5, 0.6) is 0 Å². The van der Waals surface area contributed by atoms with Gasteiger partial charge in [0, 0.05) is 38.6 Å². The molecule has 0 aliphatic carbocycles. The summed E-state index contributed by atoms with van der Waals surface area (Å²) < 4.78 is 5.35. The van der Waals surface area contributed by atoms with Gasteiger partial charge in [0.25, 0.3) is 0 Å². The quantitative estimate of drug-likeness (QED) is 0.790. The molecule has 0 bridgehead atoms. The molecule has 0 saturated carbocycles. The molecule has 2 heterocycles. The van der Waals surface area contributed by atoms with Crippen molar-refractivity contribution in [1.29, 1.82) is 0 Å². The van der Waals surface area contributed by atoms with Crippen molar-refractivity contribution in [3.8, 4) is 0 Å². The fourth-order valence-corrected chi connectivity index (χ4v) is 2.62. The summed E-state index contributed by atoms with van der Waals surface area (Å²) in [6.45, 7) is 5.62. The van der Waals surface area contributed by atoms with Gasteiger partial charge in [0.1, 0.15) is 0 Å². The van der Waals surface area contributed by atoms with E-state index in [9.17, 15) is 9.59 Å². The van der Waals surface area contributed by atoms with Crippen LogP contribution in [0, 0.1) is 11.8 Å². The molecular weight excluding hydrogens is 232 g/mol. The molecule has 0 spiro atoms. The highest BCUT2D eigenvalue weighted by atomic mass is 16.5. The van der Waals surface area contributed by atoms with Crippen LogP contribution >= 0.6 is 0 Å². The van der Waals surface area contributed by atoms with Crippen LogP contribution in [-0.4, -0.2) is 49.6 Å². The van der Waals surface area contributed by atoms with Gasteiger partial charge in [0.15, 0.2) is 0 Å². The molecule has 2 aliphatic rings. The molecule has 0 radical (unpaired) electrons. The van der Waals surface area contributed by atoms with Crippen LogP contribution < -0.4 is 5.32 Å². The summed E-state index contributed by atoms with van der Waals surface area (Å²) in [6, 6.07) is 0. The monoisotopic (exact) mass is 254 g/mol. The van der Waals surface area contributed by atoms with E-state index in [0.29, 0.717) is 25.3 Å². The highest BCUT2D eigenvalue weighted by Crippen LogP contribution is 2.18. The Labute approximate surface area is 108 Å².